The molecule has 3 rings (SSSR count). The first-order chi connectivity index (χ1) is 10.5. The molecule has 0 amide bonds. The Balaban J connectivity index is 2.14. The zero-order chi connectivity index (χ0) is 15.9. The van der Waals surface area contributed by atoms with Gasteiger partial charge in [-0.1, -0.05) is 24.3 Å². The molecule has 0 radical (unpaired) electrons. The molecule has 2 heterocycles. The summed E-state index contributed by atoms with van der Waals surface area (Å²) in [6.45, 7) is 3.29. The third-order valence-electron chi connectivity index (χ3n) is 3.64. The van der Waals surface area contributed by atoms with E-state index in [0.717, 1.165) is 5.56 Å². The maximum absolute atomic E-state index is 12.0. The van der Waals surface area contributed by atoms with Crippen LogP contribution in [0.25, 0.3) is 0 Å². The monoisotopic (exact) mass is 297 g/mol. The molecule has 1 aliphatic rings. The van der Waals surface area contributed by atoms with Gasteiger partial charge in [0.25, 0.3) is 0 Å². The molecule has 0 aliphatic carbocycles. The highest BCUT2D eigenvalue weighted by Gasteiger charge is 2.31. The number of allylic oxidation sites excluding steroid dienone is 2. The number of carboxylic acids is 1. The van der Waals surface area contributed by atoms with E-state index in [1.165, 1.54) is 25.4 Å². The number of Topliss-reactive ketones (excluding diaryl/α,β-unsaturated/α-hetero) is 1. The third kappa shape index (κ3) is 2.16. The van der Waals surface area contributed by atoms with E-state index in [1.54, 1.807) is 23.7 Å². The highest BCUT2D eigenvalue weighted by Crippen LogP contribution is 2.34. The number of carbonyl (C=O) groups excluding carboxylic acids is 2. The molecule has 0 fully saturated rings. The van der Waals surface area contributed by atoms with Gasteiger partial charge in [0.05, 0.1) is 5.97 Å². The largest absolute Gasteiger partial charge is 0.545 e. The molecule has 1 atom stereocenters. The van der Waals surface area contributed by atoms with Crippen molar-refractivity contribution in [2.24, 2.45) is 0 Å². The van der Waals surface area contributed by atoms with E-state index in [-0.39, 0.29) is 11.3 Å². The van der Waals surface area contributed by atoms with E-state index >= 15 is 0 Å². The normalized spacial score (nSPS) is 16.9. The van der Waals surface area contributed by atoms with Gasteiger partial charge in [-0.15, -0.1) is 0 Å². The Kier molecular flexibility index (Phi) is 3.25. The van der Waals surface area contributed by atoms with Crippen molar-refractivity contribution in [3.05, 3.63) is 53.0 Å². The molecule has 0 spiro atoms. The van der Waals surface area contributed by atoms with Crippen molar-refractivity contribution < 1.29 is 14.7 Å². The molecule has 112 valence electrons. The quantitative estimate of drug-likeness (QED) is 0.886. The van der Waals surface area contributed by atoms with Crippen molar-refractivity contribution in [2.45, 2.75) is 19.9 Å². The number of anilines is 1. The summed E-state index contributed by atoms with van der Waals surface area (Å²) in [4.78, 5) is 27.0. The lowest BCUT2D eigenvalue weighted by molar-refractivity contribution is -0.255. The average molecular weight is 297 g/mol. The van der Waals surface area contributed by atoms with Crippen LogP contribution in [-0.4, -0.2) is 26.5 Å². The zero-order valence-corrected chi connectivity index (χ0v) is 12.0. The van der Waals surface area contributed by atoms with Crippen LogP contribution in [0.15, 0.2) is 41.9 Å². The molecule has 0 bridgehead atoms. The fourth-order valence-corrected chi connectivity index (χ4v) is 2.66. The molecule has 1 aliphatic heterocycles. The number of aromatic carboxylic acids is 1. The van der Waals surface area contributed by atoms with Crippen LogP contribution in [0.4, 0.5) is 5.95 Å². The second-order valence-corrected chi connectivity index (χ2v) is 5.06. The smallest absolute Gasteiger partial charge is 0.226 e. The Morgan fingerprint density at radius 3 is 2.55 bits per heavy atom. The van der Waals surface area contributed by atoms with E-state index in [1.807, 2.05) is 0 Å². The van der Waals surface area contributed by atoms with E-state index in [9.17, 15) is 14.7 Å². The van der Waals surface area contributed by atoms with Crippen LogP contribution < -0.4 is 10.4 Å². The first kappa shape index (κ1) is 14.0. The van der Waals surface area contributed by atoms with Crippen LogP contribution in [0.2, 0.25) is 0 Å². The van der Waals surface area contributed by atoms with Crippen molar-refractivity contribution in [1.82, 2.24) is 14.8 Å². The third-order valence-corrected chi connectivity index (χ3v) is 3.64. The molecule has 0 saturated heterocycles. The Morgan fingerprint density at radius 1 is 1.27 bits per heavy atom. The van der Waals surface area contributed by atoms with E-state index in [2.05, 4.69) is 15.4 Å². The number of hydrogen-bond donors (Lipinski definition) is 1. The minimum atomic E-state index is -1.24. The summed E-state index contributed by atoms with van der Waals surface area (Å²) in [5.41, 5.74) is 2.12. The molecule has 7 heteroatoms. The van der Waals surface area contributed by atoms with Gasteiger partial charge >= 0.3 is 0 Å². The Bertz CT molecular complexity index is 789. The molecule has 7 nitrogen and oxygen atoms in total. The summed E-state index contributed by atoms with van der Waals surface area (Å²) >= 11 is 0. The van der Waals surface area contributed by atoms with Gasteiger partial charge in [-0.05, 0) is 25.0 Å². The number of nitrogens with zero attached hydrogens (tertiary/aromatic N) is 3. The lowest BCUT2D eigenvalue weighted by atomic mass is 9.93. The Hall–Kier alpha value is -2.96. The second kappa shape index (κ2) is 5.10. The Labute approximate surface area is 126 Å². The van der Waals surface area contributed by atoms with Crippen LogP contribution in [0.1, 0.15) is 35.8 Å². The summed E-state index contributed by atoms with van der Waals surface area (Å²) < 4.78 is 1.61. The van der Waals surface area contributed by atoms with Crippen LogP contribution in [-0.2, 0) is 4.79 Å². The number of benzene rings is 1. The maximum Gasteiger partial charge on any atom is 0.226 e. The SMILES string of the molecule is CC(=O)C1=C(C)Nc2ncnn2[C@@H]1c1ccc(C(=O)[O-])cc1. The summed E-state index contributed by atoms with van der Waals surface area (Å²) in [6.07, 6.45) is 1.40. The fourth-order valence-electron chi connectivity index (χ4n) is 2.66. The summed E-state index contributed by atoms with van der Waals surface area (Å²) in [5.74, 6) is -0.784. The number of rotatable bonds is 3. The van der Waals surface area contributed by atoms with Gasteiger partial charge in [0, 0.05) is 11.3 Å². The number of nitrogens with one attached hydrogen (secondary N) is 1. The molecule has 1 N–H and O–H groups in total. The molecule has 2 aromatic rings. The van der Waals surface area contributed by atoms with Gasteiger partial charge in [0.2, 0.25) is 5.95 Å². The van der Waals surface area contributed by atoms with Gasteiger partial charge < -0.3 is 15.2 Å². The van der Waals surface area contributed by atoms with Crippen LogP contribution in [0.5, 0.6) is 0 Å². The summed E-state index contributed by atoms with van der Waals surface area (Å²) in [5, 5.41) is 18.1. The van der Waals surface area contributed by atoms with Crippen LogP contribution in [0.3, 0.4) is 0 Å². The standard InChI is InChI=1S/C15H14N4O3/c1-8-12(9(2)20)13(19-15(18-8)16-7-17-19)10-3-5-11(6-4-10)14(21)22/h3-7,13H,1-2H3,(H,21,22)(H,16,17,18)/p-1/t13-/m1/s1. The van der Waals surface area contributed by atoms with Gasteiger partial charge in [-0.3, -0.25) is 4.79 Å². The lowest BCUT2D eigenvalue weighted by Crippen LogP contribution is -2.28. The predicted octanol–water partition coefficient (Wildman–Crippen LogP) is 0.519. The number of hydrogen-bond acceptors (Lipinski definition) is 6. The van der Waals surface area contributed by atoms with Crippen molar-refractivity contribution in [2.75, 3.05) is 5.32 Å². The number of ketones is 1. The highest BCUT2D eigenvalue weighted by atomic mass is 16.4. The molecule has 0 unspecified atom stereocenters. The molecule has 1 aromatic heterocycles. The first-order valence-electron chi connectivity index (χ1n) is 6.68. The van der Waals surface area contributed by atoms with Crippen LogP contribution >= 0.6 is 0 Å². The van der Waals surface area contributed by atoms with Gasteiger partial charge in [0.1, 0.15) is 12.4 Å². The number of aromatic nitrogens is 3. The zero-order valence-electron chi connectivity index (χ0n) is 12.0. The molecule has 1 aromatic carbocycles. The second-order valence-electron chi connectivity index (χ2n) is 5.06. The number of fused-ring (bicyclic) bond motifs is 1. The van der Waals surface area contributed by atoms with Crippen molar-refractivity contribution in [3.8, 4) is 0 Å². The minimum absolute atomic E-state index is 0.0832. The summed E-state index contributed by atoms with van der Waals surface area (Å²) in [6, 6.07) is 5.78. The number of carbonyl (C=O) groups is 2. The van der Waals surface area contributed by atoms with Crippen molar-refractivity contribution in [3.63, 3.8) is 0 Å². The predicted molar refractivity (Wildman–Crippen MR) is 75.9 cm³/mol. The molecular weight excluding hydrogens is 284 g/mol. The van der Waals surface area contributed by atoms with E-state index in [4.69, 9.17) is 0 Å². The fraction of sp³-hybridized carbons (Fsp3) is 0.200. The van der Waals surface area contributed by atoms with Crippen LogP contribution in [0, 0.1) is 0 Å². The summed E-state index contributed by atoms with van der Waals surface area (Å²) in [7, 11) is 0. The average Bonchev–Trinajstić information content (AvgIpc) is 2.93. The topological polar surface area (TPSA) is 99.9 Å². The van der Waals surface area contributed by atoms with Gasteiger partial charge in [-0.25, -0.2) is 4.68 Å². The van der Waals surface area contributed by atoms with Crippen molar-refractivity contribution >= 4 is 17.7 Å². The Morgan fingerprint density at radius 2 is 1.95 bits per heavy atom. The molecule has 0 saturated carbocycles. The minimum Gasteiger partial charge on any atom is -0.545 e. The lowest BCUT2D eigenvalue weighted by Gasteiger charge is -2.28. The maximum atomic E-state index is 12.0. The first-order valence-corrected chi connectivity index (χ1v) is 6.68. The highest BCUT2D eigenvalue weighted by molar-refractivity contribution is 5.96. The molecule has 22 heavy (non-hydrogen) atoms. The number of carboxylic acid groups (broad SMARTS) is 1. The van der Waals surface area contributed by atoms with Gasteiger partial charge in [-0.2, -0.15) is 10.1 Å². The van der Waals surface area contributed by atoms with Crippen molar-refractivity contribution in [1.29, 1.82) is 0 Å². The van der Waals surface area contributed by atoms with E-state index < -0.39 is 12.0 Å². The van der Waals surface area contributed by atoms with Gasteiger partial charge in [0.15, 0.2) is 5.78 Å². The van der Waals surface area contributed by atoms with E-state index in [0.29, 0.717) is 17.2 Å². The molecular formula is C15H13N4O3-.